The lowest BCUT2D eigenvalue weighted by molar-refractivity contribution is -0.126. The molecule has 146 valence electrons. The van der Waals surface area contributed by atoms with Crippen molar-refractivity contribution in [2.45, 2.75) is 39.0 Å². The molecule has 0 unspecified atom stereocenters. The standard InChI is InChI=1S/C22H25N3O2S/c1-5-20-21(26)25(14-17-7-10-19(27-4)11-8-17)22(28-20)24-23-13-18-9-6-15(2)12-16(18)3/h6-13,20H,5,14H2,1-4H3/b23-13-,24-22+/t20-/m0/s1. The molecular formula is C22H25N3O2S. The quantitative estimate of drug-likeness (QED) is 0.532. The van der Waals surface area contributed by atoms with Crippen LogP contribution in [0.15, 0.2) is 52.7 Å². The zero-order chi connectivity index (χ0) is 20.1. The maximum atomic E-state index is 12.7. The van der Waals surface area contributed by atoms with E-state index in [1.807, 2.05) is 37.3 Å². The van der Waals surface area contributed by atoms with Crippen LogP contribution in [-0.4, -0.2) is 34.5 Å². The maximum absolute atomic E-state index is 12.7. The first kappa shape index (κ1) is 20.1. The molecule has 2 aromatic carbocycles. The van der Waals surface area contributed by atoms with Crippen molar-refractivity contribution >= 4 is 29.1 Å². The molecule has 0 radical (unpaired) electrons. The number of hydrogen-bond acceptors (Lipinski definition) is 5. The van der Waals surface area contributed by atoms with E-state index in [0.29, 0.717) is 11.7 Å². The van der Waals surface area contributed by atoms with E-state index in [-0.39, 0.29) is 11.2 Å². The molecule has 1 amide bonds. The van der Waals surface area contributed by atoms with E-state index < -0.39 is 0 Å². The molecule has 0 saturated carbocycles. The summed E-state index contributed by atoms with van der Waals surface area (Å²) in [6.07, 6.45) is 2.51. The highest BCUT2D eigenvalue weighted by molar-refractivity contribution is 8.15. The second kappa shape index (κ2) is 9.06. The van der Waals surface area contributed by atoms with Crippen molar-refractivity contribution < 1.29 is 9.53 Å². The molecule has 0 N–H and O–H groups in total. The summed E-state index contributed by atoms with van der Waals surface area (Å²) in [6, 6.07) is 13.9. The van der Waals surface area contributed by atoms with Crippen molar-refractivity contribution in [1.82, 2.24) is 4.90 Å². The molecule has 0 aromatic heterocycles. The number of amidine groups is 1. The zero-order valence-corrected chi connectivity index (χ0v) is 17.5. The third-order valence-corrected chi connectivity index (χ3v) is 5.99. The fourth-order valence-electron chi connectivity index (χ4n) is 3.01. The van der Waals surface area contributed by atoms with Crippen LogP contribution >= 0.6 is 11.8 Å². The Morgan fingerprint density at radius 2 is 1.93 bits per heavy atom. The molecule has 6 heteroatoms. The van der Waals surface area contributed by atoms with Gasteiger partial charge in [0, 0.05) is 0 Å². The van der Waals surface area contributed by atoms with Gasteiger partial charge in [-0.15, -0.1) is 5.10 Å². The van der Waals surface area contributed by atoms with Gasteiger partial charge in [-0.05, 0) is 49.1 Å². The Morgan fingerprint density at radius 3 is 2.57 bits per heavy atom. The van der Waals surface area contributed by atoms with Crippen molar-refractivity contribution in [3.05, 3.63) is 64.7 Å². The third-order valence-electron chi connectivity index (χ3n) is 4.66. The topological polar surface area (TPSA) is 54.3 Å². The summed E-state index contributed by atoms with van der Waals surface area (Å²) in [5.74, 6) is 0.882. The first-order chi connectivity index (χ1) is 13.5. The number of thioether (sulfide) groups is 1. The lowest BCUT2D eigenvalue weighted by Crippen LogP contribution is -2.31. The number of amides is 1. The summed E-state index contributed by atoms with van der Waals surface area (Å²) in [7, 11) is 1.64. The predicted octanol–water partition coefficient (Wildman–Crippen LogP) is 4.56. The fraction of sp³-hybridized carbons (Fsp3) is 0.318. The normalized spacial score (nSPS) is 18.4. The Balaban J connectivity index is 1.80. The fourth-order valence-corrected chi connectivity index (χ4v) is 4.04. The van der Waals surface area contributed by atoms with Gasteiger partial charge in [0.2, 0.25) is 5.91 Å². The van der Waals surface area contributed by atoms with Gasteiger partial charge in [0.25, 0.3) is 0 Å². The van der Waals surface area contributed by atoms with Crippen LogP contribution < -0.4 is 4.74 Å². The molecule has 1 aliphatic rings. The number of ether oxygens (including phenoxy) is 1. The Kier molecular flexibility index (Phi) is 6.52. The number of benzene rings is 2. The zero-order valence-electron chi connectivity index (χ0n) is 16.7. The number of aryl methyl sites for hydroxylation is 2. The average Bonchev–Trinajstić information content (AvgIpc) is 2.99. The summed E-state index contributed by atoms with van der Waals surface area (Å²) < 4.78 is 5.20. The van der Waals surface area contributed by atoms with Gasteiger partial charge in [-0.3, -0.25) is 9.69 Å². The minimum Gasteiger partial charge on any atom is -0.497 e. The van der Waals surface area contributed by atoms with Gasteiger partial charge in [-0.1, -0.05) is 54.6 Å². The molecule has 2 aromatic rings. The highest BCUT2D eigenvalue weighted by atomic mass is 32.2. The monoisotopic (exact) mass is 395 g/mol. The average molecular weight is 396 g/mol. The first-order valence-corrected chi connectivity index (χ1v) is 10.2. The summed E-state index contributed by atoms with van der Waals surface area (Å²) in [5.41, 5.74) is 4.42. The summed E-state index contributed by atoms with van der Waals surface area (Å²) in [5, 5.41) is 9.18. The Bertz CT molecular complexity index is 906. The molecule has 0 aliphatic carbocycles. The summed E-state index contributed by atoms with van der Waals surface area (Å²) >= 11 is 1.48. The van der Waals surface area contributed by atoms with Crippen molar-refractivity contribution in [3.8, 4) is 5.75 Å². The number of rotatable bonds is 6. The molecule has 0 spiro atoms. The maximum Gasteiger partial charge on any atom is 0.242 e. The van der Waals surface area contributed by atoms with E-state index in [0.717, 1.165) is 28.9 Å². The van der Waals surface area contributed by atoms with Gasteiger partial charge in [-0.25, -0.2) is 0 Å². The van der Waals surface area contributed by atoms with Crippen LogP contribution in [0, 0.1) is 13.8 Å². The van der Waals surface area contributed by atoms with Gasteiger partial charge < -0.3 is 4.74 Å². The predicted molar refractivity (Wildman–Crippen MR) is 116 cm³/mol. The van der Waals surface area contributed by atoms with E-state index >= 15 is 0 Å². The van der Waals surface area contributed by atoms with Crippen molar-refractivity contribution in [3.63, 3.8) is 0 Å². The first-order valence-electron chi connectivity index (χ1n) is 9.31. The Labute approximate surface area is 170 Å². The van der Waals surface area contributed by atoms with E-state index in [1.54, 1.807) is 18.2 Å². The molecule has 1 fully saturated rings. The van der Waals surface area contributed by atoms with E-state index in [9.17, 15) is 4.79 Å². The van der Waals surface area contributed by atoms with Crippen LogP contribution in [0.3, 0.4) is 0 Å². The van der Waals surface area contributed by atoms with Crippen LogP contribution in [0.1, 0.15) is 35.6 Å². The van der Waals surface area contributed by atoms with Crippen molar-refractivity contribution in [1.29, 1.82) is 0 Å². The molecule has 1 aliphatic heterocycles. The van der Waals surface area contributed by atoms with Crippen LogP contribution in [0.5, 0.6) is 5.75 Å². The molecule has 1 atom stereocenters. The van der Waals surface area contributed by atoms with E-state index in [4.69, 9.17) is 4.74 Å². The van der Waals surface area contributed by atoms with Crippen LogP contribution in [0.4, 0.5) is 0 Å². The third kappa shape index (κ3) is 4.62. The number of methoxy groups -OCH3 is 1. The molecule has 1 saturated heterocycles. The van der Waals surface area contributed by atoms with Crippen LogP contribution in [0.25, 0.3) is 0 Å². The van der Waals surface area contributed by atoms with E-state index in [1.165, 1.54) is 17.3 Å². The second-order valence-corrected chi connectivity index (χ2v) is 7.94. The number of hydrogen-bond donors (Lipinski definition) is 0. The molecule has 5 nitrogen and oxygen atoms in total. The summed E-state index contributed by atoms with van der Waals surface area (Å²) in [4.78, 5) is 14.5. The van der Waals surface area contributed by atoms with Gasteiger partial charge >= 0.3 is 0 Å². The second-order valence-electron chi connectivity index (χ2n) is 6.77. The van der Waals surface area contributed by atoms with Crippen molar-refractivity contribution in [2.24, 2.45) is 10.2 Å². The van der Waals surface area contributed by atoms with Gasteiger partial charge in [0.15, 0.2) is 5.17 Å². The molecule has 1 heterocycles. The Hall–Kier alpha value is -2.60. The highest BCUT2D eigenvalue weighted by Crippen LogP contribution is 2.31. The van der Waals surface area contributed by atoms with Gasteiger partial charge in [-0.2, -0.15) is 5.10 Å². The summed E-state index contributed by atoms with van der Waals surface area (Å²) in [6.45, 7) is 6.61. The van der Waals surface area contributed by atoms with E-state index in [2.05, 4.69) is 36.2 Å². The Morgan fingerprint density at radius 1 is 1.18 bits per heavy atom. The number of carbonyl (C=O) groups is 1. The highest BCUT2D eigenvalue weighted by Gasteiger charge is 2.36. The van der Waals surface area contributed by atoms with Crippen LogP contribution in [0.2, 0.25) is 0 Å². The molecule has 3 rings (SSSR count). The lowest BCUT2D eigenvalue weighted by atomic mass is 10.1. The smallest absolute Gasteiger partial charge is 0.242 e. The molecular weight excluding hydrogens is 370 g/mol. The van der Waals surface area contributed by atoms with Gasteiger partial charge in [0.05, 0.1) is 25.1 Å². The minimum atomic E-state index is -0.103. The largest absolute Gasteiger partial charge is 0.497 e. The molecule has 28 heavy (non-hydrogen) atoms. The number of carbonyl (C=O) groups excluding carboxylic acids is 1. The minimum absolute atomic E-state index is 0.0868. The van der Waals surface area contributed by atoms with Crippen molar-refractivity contribution in [2.75, 3.05) is 7.11 Å². The SMILES string of the molecule is CC[C@@H]1S/C(=N/N=C\c2ccc(C)cc2C)N(Cc2ccc(OC)cc2)C1=O. The molecule has 0 bridgehead atoms. The number of nitrogens with zero attached hydrogens (tertiary/aromatic N) is 3. The lowest BCUT2D eigenvalue weighted by Gasteiger charge is -2.16. The van der Waals surface area contributed by atoms with Gasteiger partial charge in [0.1, 0.15) is 5.75 Å². The van der Waals surface area contributed by atoms with Crippen LogP contribution in [-0.2, 0) is 11.3 Å².